The van der Waals surface area contributed by atoms with Gasteiger partial charge in [0.25, 0.3) is 0 Å². The fraction of sp³-hybridized carbons (Fsp3) is 0.571. The minimum atomic E-state index is -3.12. The Morgan fingerprint density at radius 1 is 1.00 bits per heavy atom. The maximum Gasteiger partial charge on any atom is 0.514 e. The molecule has 6 heteroatoms. The van der Waals surface area contributed by atoms with Gasteiger partial charge in [-0.05, 0) is 18.9 Å². The minimum absolute atomic E-state index is 0.559. The smallest absolute Gasteiger partial charge is 0.376 e. The lowest BCUT2D eigenvalue weighted by atomic mass is 9.85. The molecule has 0 heterocycles. The molecule has 0 bridgehead atoms. The first-order valence-electron chi connectivity index (χ1n) is 6.64. The second kappa shape index (κ2) is 6.34. The predicted octanol–water partition coefficient (Wildman–Crippen LogP) is 1.39. The molecule has 1 rings (SSSR count). The Morgan fingerprint density at radius 3 is 1.80 bits per heavy atom. The summed E-state index contributed by atoms with van der Waals surface area (Å²) in [6.07, 6.45) is 0.559. The van der Waals surface area contributed by atoms with E-state index in [9.17, 15) is 0 Å². The number of benzene rings is 1. The van der Waals surface area contributed by atoms with Crippen molar-refractivity contribution in [3.8, 4) is 0 Å². The number of nitrogens with two attached hydrogens (primary N) is 2. The summed E-state index contributed by atoms with van der Waals surface area (Å²) in [5, 5.41) is -0.770. The lowest BCUT2D eigenvalue weighted by molar-refractivity contribution is 0.0694. The van der Waals surface area contributed by atoms with E-state index in [1.807, 2.05) is 44.2 Å². The Labute approximate surface area is 122 Å². The highest BCUT2D eigenvalue weighted by atomic mass is 28.4. The number of hydrogen-bond acceptors (Lipinski definition) is 5. The molecule has 1 unspecified atom stereocenters. The van der Waals surface area contributed by atoms with Crippen LogP contribution in [0.3, 0.4) is 0 Å². The molecule has 0 aliphatic carbocycles. The molecular formula is C14H26N2O3Si. The molecule has 4 N–H and O–H groups in total. The highest BCUT2D eigenvalue weighted by Gasteiger charge is 2.65. The van der Waals surface area contributed by atoms with E-state index in [0.717, 1.165) is 5.56 Å². The van der Waals surface area contributed by atoms with Gasteiger partial charge < -0.3 is 24.7 Å². The molecular weight excluding hydrogens is 272 g/mol. The van der Waals surface area contributed by atoms with Crippen LogP contribution in [0.15, 0.2) is 30.3 Å². The van der Waals surface area contributed by atoms with Crippen molar-refractivity contribution in [2.24, 2.45) is 11.5 Å². The van der Waals surface area contributed by atoms with E-state index in [4.69, 9.17) is 24.7 Å². The quantitative estimate of drug-likeness (QED) is 0.587. The minimum Gasteiger partial charge on any atom is -0.376 e. The topological polar surface area (TPSA) is 79.7 Å². The van der Waals surface area contributed by atoms with Gasteiger partial charge in [-0.25, -0.2) is 0 Å². The fourth-order valence-electron chi connectivity index (χ4n) is 2.72. The molecule has 1 aromatic rings. The Balaban J connectivity index is 3.58. The summed E-state index contributed by atoms with van der Waals surface area (Å²) in [6, 6.07) is 9.78. The molecule has 0 spiro atoms. The maximum absolute atomic E-state index is 6.41. The van der Waals surface area contributed by atoms with Crippen LogP contribution < -0.4 is 11.5 Å². The van der Waals surface area contributed by atoms with Crippen molar-refractivity contribution in [1.82, 2.24) is 0 Å². The van der Waals surface area contributed by atoms with Crippen LogP contribution in [-0.4, -0.2) is 35.8 Å². The van der Waals surface area contributed by atoms with Crippen molar-refractivity contribution in [1.29, 1.82) is 0 Å². The van der Waals surface area contributed by atoms with Crippen LogP contribution in [-0.2, 0) is 18.3 Å². The van der Waals surface area contributed by atoms with E-state index in [1.54, 1.807) is 21.3 Å². The number of hydrogen-bond donors (Lipinski definition) is 2. The summed E-state index contributed by atoms with van der Waals surface area (Å²) in [6.45, 7) is 3.90. The van der Waals surface area contributed by atoms with E-state index in [-0.39, 0.29) is 0 Å². The van der Waals surface area contributed by atoms with Gasteiger partial charge in [-0.15, -0.1) is 0 Å². The molecule has 0 aliphatic heterocycles. The Bertz CT molecular complexity index is 415. The van der Waals surface area contributed by atoms with Gasteiger partial charge in [0.2, 0.25) is 0 Å². The number of rotatable bonds is 7. The van der Waals surface area contributed by atoms with Crippen LogP contribution in [0.2, 0.25) is 0 Å². The van der Waals surface area contributed by atoms with Crippen LogP contribution in [0.1, 0.15) is 25.8 Å². The van der Waals surface area contributed by atoms with Gasteiger partial charge in [-0.2, -0.15) is 0 Å². The molecule has 114 valence electrons. The van der Waals surface area contributed by atoms with Crippen LogP contribution in [0.4, 0.5) is 0 Å². The summed E-state index contributed by atoms with van der Waals surface area (Å²) >= 11 is 0. The van der Waals surface area contributed by atoms with Crippen molar-refractivity contribution in [3.63, 3.8) is 0 Å². The molecule has 5 nitrogen and oxygen atoms in total. The molecule has 0 aromatic heterocycles. The zero-order chi connectivity index (χ0) is 15.4. The van der Waals surface area contributed by atoms with Crippen LogP contribution in [0.25, 0.3) is 0 Å². The average Bonchev–Trinajstić information content (AvgIpc) is 2.49. The van der Waals surface area contributed by atoms with E-state index in [2.05, 4.69) is 0 Å². The molecule has 1 atom stereocenters. The van der Waals surface area contributed by atoms with Gasteiger partial charge in [0.1, 0.15) is 0 Å². The first-order chi connectivity index (χ1) is 9.35. The van der Waals surface area contributed by atoms with E-state index in [0.29, 0.717) is 6.42 Å². The zero-order valence-electron chi connectivity index (χ0n) is 13.0. The zero-order valence-corrected chi connectivity index (χ0v) is 14.0. The summed E-state index contributed by atoms with van der Waals surface area (Å²) in [4.78, 5) is 0. The third-order valence-corrected chi connectivity index (χ3v) is 7.88. The first kappa shape index (κ1) is 17.3. The highest BCUT2D eigenvalue weighted by Crippen LogP contribution is 2.42. The largest absolute Gasteiger partial charge is 0.514 e. The molecule has 0 saturated carbocycles. The lowest BCUT2D eigenvalue weighted by Crippen LogP contribution is -2.76. The van der Waals surface area contributed by atoms with Gasteiger partial charge in [-0.1, -0.05) is 37.3 Å². The van der Waals surface area contributed by atoms with Crippen molar-refractivity contribution in [2.45, 2.75) is 31.0 Å². The van der Waals surface area contributed by atoms with Gasteiger partial charge in [0, 0.05) is 21.3 Å². The van der Waals surface area contributed by atoms with Crippen LogP contribution in [0.5, 0.6) is 0 Å². The highest BCUT2D eigenvalue weighted by molar-refractivity contribution is 6.64. The fourth-order valence-corrected chi connectivity index (χ4v) is 5.71. The summed E-state index contributed by atoms with van der Waals surface area (Å²) in [7, 11) is 1.61. The van der Waals surface area contributed by atoms with E-state index >= 15 is 0 Å². The van der Waals surface area contributed by atoms with Crippen molar-refractivity contribution in [2.75, 3.05) is 21.3 Å². The lowest BCUT2D eigenvalue weighted by Gasteiger charge is -2.50. The molecule has 0 radical (unpaired) electrons. The maximum atomic E-state index is 6.41. The average molecular weight is 298 g/mol. The molecule has 0 aliphatic rings. The molecule has 0 amide bonds. The second-order valence-corrected chi connectivity index (χ2v) is 8.39. The standard InChI is InChI=1S/C14H26N2O3Si/c1-6-14(15,16)13(2,12-10-8-7-9-11-12)20(17-3,18-4)19-5/h7-11H,6,15-16H2,1-5H3. The van der Waals surface area contributed by atoms with Crippen molar-refractivity contribution >= 4 is 8.80 Å². The molecule has 0 saturated heterocycles. The summed E-state index contributed by atoms with van der Waals surface area (Å²) < 4.78 is 17.0. The monoisotopic (exact) mass is 298 g/mol. The van der Waals surface area contributed by atoms with Gasteiger partial charge in [0.15, 0.2) is 0 Å². The molecule has 1 aromatic carbocycles. The van der Waals surface area contributed by atoms with Crippen LogP contribution in [0, 0.1) is 0 Å². The van der Waals surface area contributed by atoms with Crippen molar-refractivity contribution in [3.05, 3.63) is 35.9 Å². The van der Waals surface area contributed by atoms with Gasteiger partial charge >= 0.3 is 8.80 Å². The summed E-state index contributed by atoms with van der Waals surface area (Å²) in [5.41, 5.74) is 12.7. The Hall–Kier alpha value is -0.763. The second-order valence-electron chi connectivity index (χ2n) is 5.05. The Kier molecular flexibility index (Phi) is 5.48. The normalized spacial score (nSPS) is 15.9. The summed E-state index contributed by atoms with van der Waals surface area (Å²) in [5.74, 6) is 0. The van der Waals surface area contributed by atoms with E-state index < -0.39 is 19.5 Å². The predicted molar refractivity (Wildman–Crippen MR) is 82.0 cm³/mol. The third-order valence-electron chi connectivity index (χ3n) is 4.29. The third kappa shape index (κ3) is 2.43. The molecule has 0 fully saturated rings. The van der Waals surface area contributed by atoms with E-state index in [1.165, 1.54) is 0 Å². The van der Waals surface area contributed by atoms with Crippen molar-refractivity contribution < 1.29 is 13.3 Å². The first-order valence-corrected chi connectivity index (χ1v) is 8.36. The van der Waals surface area contributed by atoms with Gasteiger partial charge in [-0.3, -0.25) is 0 Å². The molecule has 20 heavy (non-hydrogen) atoms. The Morgan fingerprint density at radius 2 is 1.45 bits per heavy atom. The van der Waals surface area contributed by atoms with Crippen LogP contribution >= 0.6 is 0 Å². The van der Waals surface area contributed by atoms with Gasteiger partial charge in [0.05, 0.1) is 10.7 Å². The SMILES string of the molecule is CCC(N)(N)C(C)(c1ccccc1)[Si](OC)(OC)OC.